The fourth-order valence-corrected chi connectivity index (χ4v) is 5.29. The molecule has 3 heterocycles. The minimum atomic E-state index is -1.25. The van der Waals surface area contributed by atoms with E-state index in [4.69, 9.17) is 26.9 Å². The molecule has 0 fully saturated rings. The number of carboxylic acid groups (broad SMARTS) is 1. The van der Waals surface area contributed by atoms with Crippen LogP contribution in [0.3, 0.4) is 0 Å². The van der Waals surface area contributed by atoms with Crippen LogP contribution in [0.2, 0.25) is 0 Å². The molecule has 1 amide bonds. The molecule has 4 aromatic rings. The van der Waals surface area contributed by atoms with Gasteiger partial charge >= 0.3 is 12.1 Å². The molecule has 13 heteroatoms. The molecule has 218 valence electrons. The predicted octanol–water partition coefficient (Wildman–Crippen LogP) is 4.82. The van der Waals surface area contributed by atoms with Crippen LogP contribution in [0.25, 0.3) is 21.0 Å². The first-order chi connectivity index (χ1) is 20.8. The van der Waals surface area contributed by atoms with Gasteiger partial charge in [-0.2, -0.15) is 4.98 Å². The number of rotatable bonds is 11. The SMILES string of the molecule is [C-]#[N+]/C(=C\c1cc2ccc(N(C)CCOC(=O)NCc3ccc(COc4nc(N)nc5c4N=CC5)cc3)cc2s1)C(=O)O. The van der Waals surface area contributed by atoms with Gasteiger partial charge < -0.3 is 30.5 Å². The minimum Gasteiger partial charge on any atom is -0.486 e. The van der Waals surface area contributed by atoms with Gasteiger partial charge in [0.15, 0.2) is 0 Å². The van der Waals surface area contributed by atoms with Gasteiger partial charge in [0.2, 0.25) is 11.8 Å². The van der Waals surface area contributed by atoms with E-state index in [1.165, 1.54) is 17.4 Å². The predicted molar refractivity (Wildman–Crippen MR) is 165 cm³/mol. The number of likely N-dealkylation sites (N-methyl/N-ethyl adjacent to an activating group) is 1. The standard InChI is InChI=1S/C30H27N7O5S/c1-32-24(28(38)39)15-22-13-20-7-8-21(14-25(20)43-22)37(2)11-12-41-30(40)34-16-18-3-5-19(6-4-18)17-42-27-26-23(9-10-33-26)35-29(31)36-27/h3-8,10,13-15H,9,11-12,16-17H2,2H3,(H,34,40)(H,38,39)(H2,31,35,36)/b24-15-. The van der Waals surface area contributed by atoms with Crippen LogP contribution in [0, 0.1) is 6.57 Å². The number of nitrogen functional groups attached to an aromatic ring is 1. The van der Waals surface area contributed by atoms with E-state index in [0.717, 1.165) is 32.6 Å². The van der Waals surface area contributed by atoms with Gasteiger partial charge in [-0.3, -0.25) is 9.79 Å². The Morgan fingerprint density at radius 1 is 1.19 bits per heavy atom. The largest absolute Gasteiger partial charge is 0.486 e. The van der Waals surface area contributed by atoms with E-state index in [2.05, 4.69) is 25.1 Å². The van der Waals surface area contributed by atoms with Crippen molar-refractivity contribution in [3.05, 3.63) is 87.3 Å². The highest BCUT2D eigenvalue weighted by atomic mass is 32.1. The fourth-order valence-electron chi connectivity index (χ4n) is 4.25. The van der Waals surface area contributed by atoms with E-state index in [-0.39, 0.29) is 24.9 Å². The van der Waals surface area contributed by atoms with Crippen LogP contribution in [0.5, 0.6) is 5.88 Å². The van der Waals surface area contributed by atoms with Crippen LogP contribution in [0.15, 0.2) is 59.2 Å². The molecule has 0 bridgehead atoms. The molecule has 0 saturated carbocycles. The molecule has 4 N–H and O–H groups in total. The molecule has 0 saturated heterocycles. The molecule has 5 rings (SSSR count). The molecule has 43 heavy (non-hydrogen) atoms. The average Bonchev–Trinajstić information content (AvgIpc) is 3.64. The molecule has 2 aromatic carbocycles. The maximum atomic E-state index is 12.2. The maximum absolute atomic E-state index is 12.2. The summed E-state index contributed by atoms with van der Waals surface area (Å²) in [6.07, 6.45) is 3.21. The number of ether oxygens (including phenoxy) is 2. The highest BCUT2D eigenvalue weighted by molar-refractivity contribution is 7.19. The third-order valence-electron chi connectivity index (χ3n) is 6.52. The zero-order valence-corrected chi connectivity index (χ0v) is 23.9. The number of carbonyl (C=O) groups is 2. The lowest BCUT2D eigenvalue weighted by atomic mass is 10.1. The number of nitrogens with zero attached hydrogens (tertiary/aromatic N) is 5. The summed E-state index contributed by atoms with van der Waals surface area (Å²) in [5.41, 5.74) is 9.54. The highest BCUT2D eigenvalue weighted by Crippen LogP contribution is 2.33. The summed E-state index contributed by atoms with van der Waals surface area (Å²) >= 11 is 1.40. The Labute approximate surface area is 250 Å². The lowest BCUT2D eigenvalue weighted by molar-refractivity contribution is -0.132. The van der Waals surface area contributed by atoms with Crippen molar-refractivity contribution in [1.82, 2.24) is 15.3 Å². The molecular weight excluding hydrogens is 570 g/mol. The molecule has 0 atom stereocenters. The van der Waals surface area contributed by atoms with Crippen LogP contribution in [-0.4, -0.2) is 53.6 Å². The van der Waals surface area contributed by atoms with Gasteiger partial charge in [-0.05, 0) is 40.8 Å². The van der Waals surface area contributed by atoms with Gasteiger partial charge in [0.25, 0.3) is 5.70 Å². The molecule has 1 aliphatic rings. The summed E-state index contributed by atoms with van der Waals surface area (Å²) in [6, 6.07) is 15.3. The Morgan fingerprint density at radius 2 is 1.98 bits per heavy atom. The summed E-state index contributed by atoms with van der Waals surface area (Å²) in [6.45, 7) is 8.27. The van der Waals surface area contributed by atoms with Crippen molar-refractivity contribution >= 4 is 63.1 Å². The third-order valence-corrected chi connectivity index (χ3v) is 7.57. The Hall–Kier alpha value is -5.48. The van der Waals surface area contributed by atoms with Gasteiger partial charge in [0.05, 0.1) is 18.8 Å². The Kier molecular flexibility index (Phi) is 8.78. The Bertz CT molecular complexity index is 1780. The Morgan fingerprint density at radius 3 is 2.74 bits per heavy atom. The molecule has 1 aliphatic heterocycles. The number of fused-ring (bicyclic) bond motifs is 2. The summed E-state index contributed by atoms with van der Waals surface area (Å²) in [5.74, 6) is -0.738. The lowest BCUT2D eigenvalue weighted by Crippen LogP contribution is -2.28. The number of alkyl carbamates (subject to hydrolysis) is 1. The van der Waals surface area contributed by atoms with E-state index < -0.39 is 12.1 Å². The van der Waals surface area contributed by atoms with Crippen molar-refractivity contribution in [1.29, 1.82) is 0 Å². The van der Waals surface area contributed by atoms with Gasteiger partial charge in [-0.25, -0.2) is 14.6 Å². The number of thiophene rings is 1. The zero-order chi connectivity index (χ0) is 30.3. The zero-order valence-electron chi connectivity index (χ0n) is 23.1. The number of amides is 1. The minimum absolute atomic E-state index is 0.152. The number of carboxylic acids is 1. The maximum Gasteiger partial charge on any atom is 0.407 e. The van der Waals surface area contributed by atoms with Crippen LogP contribution < -0.4 is 20.7 Å². The molecule has 2 aromatic heterocycles. The van der Waals surface area contributed by atoms with E-state index >= 15 is 0 Å². The van der Waals surface area contributed by atoms with Gasteiger partial charge in [0, 0.05) is 41.5 Å². The fraction of sp³-hybridized carbons (Fsp3) is 0.200. The monoisotopic (exact) mass is 597 g/mol. The van der Waals surface area contributed by atoms with Crippen molar-refractivity contribution in [2.24, 2.45) is 4.99 Å². The number of benzene rings is 2. The molecule has 12 nitrogen and oxygen atoms in total. The van der Waals surface area contributed by atoms with Gasteiger partial charge in [-0.1, -0.05) is 30.3 Å². The van der Waals surface area contributed by atoms with Gasteiger partial charge in [0.1, 0.15) is 18.9 Å². The quantitative estimate of drug-likeness (QED) is 0.163. The number of hydrogen-bond donors (Lipinski definition) is 3. The summed E-state index contributed by atoms with van der Waals surface area (Å²) in [7, 11) is 1.89. The summed E-state index contributed by atoms with van der Waals surface area (Å²) < 4.78 is 12.1. The number of nitrogens with two attached hydrogens (primary N) is 1. The molecule has 0 unspecified atom stereocenters. The number of aromatic nitrogens is 2. The second-order valence-corrected chi connectivity index (χ2v) is 10.6. The topological polar surface area (TPSA) is 157 Å². The second-order valence-electron chi connectivity index (χ2n) is 9.53. The molecule has 0 spiro atoms. The Balaban J connectivity index is 1.06. The van der Waals surface area contributed by atoms with E-state index in [1.54, 1.807) is 6.21 Å². The smallest absolute Gasteiger partial charge is 0.407 e. The number of nitrogens with one attached hydrogen (secondary N) is 1. The van der Waals surface area contributed by atoms with Gasteiger partial charge in [-0.15, -0.1) is 11.3 Å². The second kappa shape index (κ2) is 13.0. The molecule has 0 radical (unpaired) electrons. The van der Waals surface area contributed by atoms with E-state index in [9.17, 15) is 9.59 Å². The van der Waals surface area contributed by atoms with Crippen LogP contribution in [0.1, 0.15) is 21.7 Å². The third kappa shape index (κ3) is 7.24. The van der Waals surface area contributed by atoms with Crippen LogP contribution in [0.4, 0.5) is 22.1 Å². The van der Waals surface area contributed by atoms with Crippen LogP contribution >= 0.6 is 11.3 Å². The number of hydrogen-bond acceptors (Lipinski definition) is 10. The van der Waals surface area contributed by atoms with Crippen molar-refractivity contribution in [3.8, 4) is 5.88 Å². The van der Waals surface area contributed by atoms with Crippen molar-refractivity contribution in [2.45, 2.75) is 19.6 Å². The normalized spacial score (nSPS) is 12.0. The lowest BCUT2D eigenvalue weighted by Gasteiger charge is -2.19. The van der Waals surface area contributed by atoms with Crippen molar-refractivity contribution < 1.29 is 24.2 Å². The first-order valence-corrected chi connectivity index (χ1v) is 14.0. The van der Waals surface area contributed by atoms with Crippen LogP contribution in [-0.2, 0) is 29.1 Å². The van der Waals surface area contributed by atoms with Crippen molar-refractivity contribution in [2.75, 3.05) is 30.8 Å². The summed E-state index contributed by atoms with van der Waals surface area (Å²) in [5, 5.41) is 12.8. The van der Waals surface area contributed by atoms with Crippen molar-refractivity contribution in [3.63, 3.8) is 0 Å². The highest BCUT2D eigenvalue weighted by Gasteiger charge is 2.17. The van der Waals surface area contributed by atoms with E-state index in [0.29, 0.717) is 36.0 Å². The number of aliphatic imine (C=N–C) groups is 1. The summed E-state index contributed by atoms with van der Waals surface area (Å²) in [4.78, 5) is 41.7. The first-order valence-electron chi connectivity index (χ1n) is 13.2. The first kappa shape index (κ1) is 29.0. The number of anilines is 2. The molecule has 0 aliphatic carbocycles. The molecular formula is C30H27N7O5S. The average molecular weight is 598 g/mol. The van der Waals surface area contributed by atoms with E-state index in [1.807, 2.05) is 60.5 Å². The number of aliphatic carboxylic acids is 1. The number of carbonyl (C=O) groups excluding carboxylic acids is 1.